The van der Waals surface area contributed by atoms with Crippen molar-refractivity contribution in [2.24, 2.45) is 0 Å². The summed E-state index contributed by atoms with van der Waals surface area (Å²) in [6.45, 7) is 4.08. The summed E-state index contributed by atoms with van der Waals surface area (Å²) in [6, 6.07) is 3.70. The summed E-state index contributed by atoms with van der Waals surface area (Å²) in [7, 11) is 0. The van der Waals surface area contributed by atoms with Gasteiger partial charge >= 0.3 is 0 Å². The molecule has 3 rings (SSSR count). The Kier molecular flexibility index (Phi) is 4.84. The van der Waals surface area contributed by atoms with Crippen molar-refractivity contribution >= 4 is 17.2 Å². The van der Waals surface area contributed by atoms with Gasteiger partial charge in [0.1, 0.15) is 6.04 Å². The second kappa shape index (κ2) is 7.02. The van der Waals surface area contributed by atoms with Gasteiger partial charge in [-0.2, -0.15) is 4.98 Å². The molecule has 1 amide bonds. The van der Waals surface area contributed by atoms with E-state index in [4.69, 9.17) is 4.52 Å². The molecule has 0 bridgehead atoms. The number of aromatic nitrogens is 2. The molecule has 0 unspecified atom stereocenters. The van der Waals surface area contributed by atoms with Crippen molar-refractivity contribution in [1.29, 1.82) is 0 Å². The number of nitrogens with zero attached hydrogens (tertiary/aromatic N) is 3. The fraction of sp³-hybridized carbons (Fsp3) is 0.533. The number of hydrogen-bond donors (Lipinski definition) is 1. The number of hydrogen-bond acceptors (Lipinski definition) is 6. The van der Waals surface area contributed by atoms with Gasteiger partial charge in [-0.25, -0.2) is 0 Å². The summed E-state index contributed by atoms with van der Waals surface area (Å²) < 4.78 is 5.33. The molecule has 1 atom stereocenters. The molecule has 1 saturated heterocycles. The Bertz CT molecular complexity index is 611. The number of amides is 1. The summed E-state index contributed by atoms with van der Waals surface area (Å²) >= 11 is 1.59. The Morgan fingerprint density at radius 3 is 3.23 bits per heavy atom. The predicted molar refractivity (Wildman–Crippen MR) is 83.4 cm³/mol. The van der Waals surface area contributed by atoms with Crippen molar-refractivity contribution in [3.05, 3.63) is 34.1 Å². The molecular formula is C15H20N4O2S. The highest BCUT2D eigenvalue weighted by Gasteiger charge is 2.32. The van der Waals surface area contributed by atoms with Crippen LogP contribution in [0, 0.1) is 0 Å². The predicted octanol–water partition coefficient (Wildman–Crippen LogP) is 2.15. The molecule has 0 aromatic carbocycles. The maximum atomic E-state index is 12.2. The zero-order chi connectivity index (χ0) is 15.4. The smallest absolute Gasteiger partial charge is 0.242 e. The van der Waals surface area contributed by atoms with Gasteiger partial charge < -0.3 is 9.84 Å². The molecule has 1 N–H and O–H groups in total. The first kappa shape index (κ1) is 15.2. The lowest BCUT2D eigenvalue weighted by Gasteiger charge is -2.33. The Morgan fingerprint density at radius 2 is 2.45 bits per heavy atom. The molecule has 0 aliphatic carbocycles. The minimum absolute atomic E-state index is 0.0411. The van der Waals surface area contributed by atoms with Crippen LogP contribution in [0.5, 0.6) is 0 Å². The minimum atomic E-state index is -0.264. The van der Waals surface area contributed by atoms with Gasteiger partial charge in [-0.05, 0) is 17.9 Å². The molecule has 7 heteroatoms. The number of unbranched alkanes of at least 4 members (excludes halogenated alkanes) is 1. The third kappa shape index (κ3) is 3.36. The van der Waals surface area contributed by atoms with E-state index in [2.05, 4.69) is 27.3 Å². The summed E-state index contributed by atoms with van der Waals surface area (Å²) in [5.74, 6) is 1.38. The molecule has 0 saturated carbocycles. The van der Waals surface area contributed by atoms with E-state index in [0.717, 1.165) is 36.5 Å². The van der Waals surface area contributed by atoms with E-state index in [1.54, 1.807) is 11.3 Å². The highest BCUT2D eigenvalue weighted by atomic mass is 32.1. The van der Waals surface area contributed by atoms with Crippen LogP contribution in [0.1, 0.15) is 42.4 Å². The standard InChI is InChI=1S/C15H20N4O2S/c1-2-3-6-12-17-13(21-18-12)10-19-8-7-16-15(20)14(19)11-5-4-9-22-11/h4-5,9,14H,2-3,6-8,10H2,1H3,(H,16,20)/t14-/m0/s1. The Labute approximate surface area is 133 Å². The summed E-state index contributed by atoms with van der Waals surface area (Å²) in [4.78, 5) is 19.8. The van der Waals surface area contributed by atoms with E-state index in [9.17, 15) is 4.79 Å². The average molecular weight is 320 g/mol. The van der Waals surface area contributed by atoms with E-state index < -0.39 is 0 Å². The fourth-order valence-electron chi connectivity index (χ4n) is 2.61. The van der Waals surface area contributed by atoms with E-state index in [0.29, 0.717) is 19.0 Å². The minimum Gasteiger partial charge on any atom is -0.353 e. The monoisotopic (exact) mass is 320 g/mol. The maximum Gasteiger partial charge on any atom is 0.242 e. The zero-order valence-corrected chi connectivity index (χ0v) is 13.4. The molecule has 2 aromatic heterocycles. The number of carbonyl (C=O) groups is 1. The lowest BCUT2D eigenvalue weighted by molar-refractivity contribution is -0.129. The summed E-state index contributed by atoms with van der Waals surface area (Å²) in [6.07, 6.45) is 3.01. The topological polar surface area (TPSA) is 71.3 Å². The lowest BCUT2D eigenvalue weighted by Crippen LogP contribution is -2.49. The van der Waals surface area contributed by atoms with Crippen molar-refractivity contribution in [1.82, 2.24) is 20.4 Å². The second-order valence-electron chi connectivity index (χ2n) is 5.39. The Hall–Kier alpha value is -1.73. The molecule has 118 valence electrons. The van der Waals surface area contributed by atoms with Crippen molar-refractivity contribution in [3.8, 4) is 0 Å². The summed E-state index contributed by atoms with van der Waals surface area (Å²) in [5, 5.41) is 8.93. The molecule has 1 fully saturated rings. The van der Waals surface area contributed by atoms with E-state index in [1.807, 2.05) is 17.5 Å². The van der Waals surface area contributed by atoms with Gasteiger partial charge in [0.15, 0.2) is 5.82 Å². The number of thiophene rings is 1. The van der Waals surface area contributed by atoms with Gasteiger partial charge in [0.25, 0.3) is 0 Å². The molecule has 6 nitrogen and oxygen atoms in total. The number of nitrogens with one attached hydrogen (secondary N) is 1. The summed E-state index contributed by atoms with van der Waals surface area (Å²) in [5.41, 5.74) is 0. The van der Waals surface area contributed by atoms with Crippen LogP contribution in [-0.2, 0) is 17.8 Å². The van der Waals surface area contributed by atoms with Crippen LogP contribution in [-0.4, -0.2) is 34.0 Å². The first-order chi connectivity index (χ1) is 10.8. The molecule has 3 heterocycles. The van der Waals surface area contributed by atoms with Crippen LogP contribution in [0.3, 0.4) is 0 Å². The largest absolute Gasteiger partial charge is 0.353 e. The Morgan fingerprint density at radius 1 is 1.55 bits per heavy atom. The third-order valence-electron chi connectivity index (χ3n) is 3.73. The van der Waals surface area contributed by atoms with Gasteiger partial charge in [0.2, 0.25) is 11.8 Å². The van der Waals surface area contributed by atoms with E-state index >= 15 is 0 Å². The quantitative estimate of drug-likeness (QED) is 0.883. The molecular weight excluding hydrogens is 300 g/mol. The van der Waals surface area contributed by atoms with E-state index in [1.165, 1.54) is 0 Å². The van der Waals surface area contributed by atoms with Gasteiger partial charge in [-0.1, -0.05) is 24.6 Å². The van der Waals surface area contributed by atoms with Crippen LogP contribution in [0.2, 0.25) is 0 Å². The number of aryl methyl sites for hydroxylation is 1. The highest BCUT2D eigenvalue weighted by Crippen LogP contribution is 2.28. The molecule has 0 radical (unpaired) electrons. The van der Waals surface area contributed by atoms with Crippen LogP contribution in [0.4, 0.5) is 0 Å². The maximum absolute atomic E-state index is 12.2. The molecule has 2 aromatic rings. The van der Waals surface area contributed by atoms with E-state index in [-0.39, 0.29) is 11.9 Å². The molecule has 0 spiro atoms. The highest BCUT2D eigenvalue weighted by molar-refractivity contribution is 7.10. The third-order valence-corrected chi connectivity index (χ3v) is 4.65. The number of rotatable bonds is 6. The average Bonchev–Trinajstić information content (AvgIpc) is 3.17. The van der Waals surface area contributed by atoms with Gasteiger partial charge in [-0.3, -0.25) is 9.69 Å². The molecule has 22 heavy (non-hydrogen) atoms. The van der Waals surface area contributed by atoms with Gasteiger partial charge in [0, 0.05) is 24.4 Å². The molecule has 1 aliphatic rings. The van der Waals surface area contributed by atoms with Crippen molar-refractivity contribution in [2.45, 2.75) is 38.8 Å². The van der Waals surface area contributed by atoms with Gasteiger partial charge in [-0.15, -0.1) is 11.3 Å². The number of piperazine rings is 1. The van der Waals surface area contributed by atoms with Crippen LogP contribution in [0.15, 0.2) is 22.0 Å². The van der Waals surface area contributed by atoms with Crippen LogP contribution >= 0.6 is 11.3 Å². The van der Waals surface area contributed by atoms with Crippen molar-refractivity contribution < 1.29 is 9.32 Å². The van der Waals surface area contributed by atoms with Gasteiger partial charge in [0.05, 0.1) is 6.54 Å². The van der Waals surface area contributed by atoms with Crippen LogP contribution < -0.4 is 5.32 Å². The fourth-order valence-corrected chi connectivity index (χ4v) is 3.46. The zero-order valence-electron chi connectivity index (χ0n) is 12.6. The Balaban J connectivity index is 1.71. The number of carbonyl (C=O) groups excluding carboxylic acids is 1. The first-order valence-electron chi connectivity index (χ1n) is 7.64. The van der Waals surface area contributed by atoms with Crippen LogP contribution in [0.25, 0.3) is 0 Å². The SMILES string of the molecule is CCCCc1noc(CN2CCNC(=O)[C@@H]2c2cccs2)n1. The second-order valence-corrected chi connectivity index (χ2v) is 6.37. The van der Waals surface area contributed by atoms with Crippen molar-refractivity contribution in [3.63, 3.8) is 0 Å². The first-order valence-corrected chi connectivity index (χ1v) is 8.52. The normalized spacial score (nSPS) is 19.3. The lowest BCUT2D eigenvalue weighted by atomic mass is 10.1. The van der Waals surface area contributed by atoms with Crippen molar-refractivity contribution in [2.75, 3.05) is 13.1 Å². The molecule has 1 aliphatic heterocycles.